The van der Waals surface area contributed by atoms with E-state index in [1.165, 1.54) is 0 Å². The topological polar surface area (TPSA) is 61.5 Å². The van der Waals surface area contributed by atoms with Crippen LogP contribution in [0.15, 0.2) is 36.4 Å². The van der Waals surface area contributed by atoms with E-state index in [0.29, 0.717) is 26.1 Å². The van der Waals surface area contributed by atoms with Crippen molar-refractivity contribution in [3.8, 4) is 5.75 Å². The van der Waals surface area contributed by atoms with Crippen molar-refractivity contribution in [2.45, 2.75) is 19.8 Å². The number of hydrogen-bond donors (Lipinski definition) is 1. The van der Waals surface area contributed by atoms with Gasteiger partial charge in [0.2, 0.25) is 0 Å². The Balaban J connectivity index is 1.97. The molecule has 0 bridgehead atoms. The molecule has 0 radical (unpaired) electrons. The number of anilines is 1. The van der Waals surface area contributed by atoms with Gasteiger partial charge in [-0.1, -0.05) is 24.3 Å². The molecule has 2 aromatic carbocycles. The molecule has 2 N–H and O–H groups in total. The van der Waals surface area contributed by atoms with Gasteiger partial charge in [0.25, 0.3) is 0 Å². The van der Waals surface area contributed by atoms with Crippen LogP contribution in [-0.4, -0.2) is 19.2 Å². The minimum Gasteiger partial charge on any atom is -0.493 e. The van der Waals surface area contributed by atoms with Crippen LogP contribution in [0, 0.1) is 0 Å². The highest BCUT2D eigenvalue weighted by atomic mass is 16.5. The van der Waals surface area contributed by atoms with E-state index in [1.807, 2.05) is 36.4 Å². The molecule has 2 aromatic rings. The maximum absolute atomic E-state index is 11.2. The molecule has 0 aromatic heterocycles. The van der Waals surface area contributed by atoms with Gasteiger partial charge in [0, 0.05) is 22.9 Å². The van der Waals surface area contributed by atoms with Gasteiger partial charge in [0.15, 0.2) is 0 Å². The Hall–Kier alpha value is -2.23. The van der Waals surface area contributed by atoms with Crippen LogP contribution < -0.4 is 10.5 Å². The number of carbonyl (C=O) groups is 1. The van der Waals surface area contributed by atoms with Gasteiger partial charge in [-0.05, 0) is 25.5 Å². The second kappa shape index (κ2) is 6.80. The van der Waals surface area contributed by atoms with E-state index in [9.17, 15) is 4.79 Å². The van der Waals surface area contributed by atoms with Gasteiger partial charge < -0.3 is 15.2 Å². The first-order valence-corrected chi connectivity index (χ1v) is 6.78. The van der Waals surface area contributed by atoms with Crippen LogP contribution in [0.3, 0.4) is 0 Å². The maximum atomic E-state index is 11.2. The summed E-state index contributed by atoms with van der Waals surface area (Å²) >= 11 is 0. The molecule has 106 valence electrons. The number of benzene rings is 2. The second-order valence-corrected chi connectivity index (χ2v) is 4.46. The number of nitrogens with two attached hydrogens (primary N) is 1. The molecule has 20 heavy (non-hydrogen) atoms. The van der Waals surface area contributed by atoms with Gasteiger partial charge in [-0.3, -0.25) is 4.79 Å². The Morgan fingerprint density at radius 1 is 1.15 bits per heavy atom. The van der Waals surface area contributed by atoms with E-state index in [1.54, 1.807) is 6.92 Å². The molecule has 0 spiro atoms. The van der Waals surface area contributed by atoms with Crippen molar-refractivity contribution >= 4 is 22.4 Å². The average molecular weight is 273 g/mol. The summed E-state index contributed by atoms with van der Waals surface area (Å²) in [5, 5.41) is 1.97. The lowest BCUT2D eigenvalue weighted by molar-refractivity contribution is -0.143. The lowest BCUT2D eigenvalue weighted by atomic mass is 10.1. The molecule has 0 aliphatic rings. The van der Waals surface area contributed by atoms with Gasteiger partial charge in [-0.25, -0.2) is 0 Å². The monoisotopic (exact) mass is 273 g/mol. The van der Waals surface area contributed by atoms with Crippen molar-refractivity contribution in [2.75, 3.05) is 18.9 Å². The molecule has 0 fully saturated rings. The SMILES string of the molecule is CCOC(=O)CCCOc1cccc2c(N)cccc12. The highest BCUT2D eigenvalue weighted by Gasteiger charge is 2.05. The van der Waals surface area contributed by atoms with Crippen molar-refractivity contribution in [3.63, 3.8) is 0 Å². The lowest BCUT2D eigenvalue weighted by Crippen LogP contribution is -2.06. The van der Waals surface area contributed by atoms with Crippen LogP contribution in [-0.2, 0) is 9.53 Å². The lowest BCUT2D eigenvalue weighted by Gasteiger charge is -2.10. The molecule has 0 heterocycles. The van der Waals surface area contributed by atoms with Crippen molar-refractivity contribution in [1.82, 2.24) is 0 Å². The van der Waals surface area contributed by atoms with E-state index in [0.717, 1.165) is 22.2 Å². The fourth-order valence-electron chi connectivity index (χ4n) is 2.06. The summed E-state index contributed by atoms with van der Waals surface area (Å²) in [6, 6.07) is 11.5. The summed E-state index contributed by atoms with van der Waals surface area (Å²) < 4.78 is 10.6. The third-order valence-corrected chi connectivity index (χ3v) is 3.00. The number of ether oxygens (including phenoxy) is 2. The third-order valence-electron chi connectivity index (χ3n) is 3.00. The number of rotatable bonds is 6. The molecular formula is C16H19NO3. The van der Waals surface area contributed by atoms with Crippen LogP contribution in [0.2, 0.25) is 0 Å². The first kappa shape index (κ1) is 14.2. The number of hydrogen-bond acceptors (Lipinski definition) is 4. The van der Waals surface area contributed by atoms with E-state index in [4.69, 9.17) is 15.2 Å². The normalized spacial score (nSPS) is 10.4. The zero-order valence-corrected chi connectivity index (χ0v) is 11.6. The zero-order chi connectivity index (χ0) is 14.4. The quantitative estimate of drug-likeness (QED) is 0.499. The van der Waals surface area contributed by atoms with Crippen molar-refractivity contribution in [1.29, 1.82) is 0 Å². The minimum atomic E-state index is -0.182. The number of esters is 1. The molecule has 0 saturated carbocycles. The predicted octanol–water partition coefficient (Wildman–Crippen LogP) is 3.14. The Morgan fingerprint density at radius 3 is 2.70 bits per heavy atom. The first-order chi connectivity index (χ1) is 9.72. The van der Waals surface area contributed by atoms with Gasteiger partial charge in [0.1, 0.15) is 5.75 Å². The molecule has 0 saturated heterocycles. The van der Waals surface area contributed by atoms with Gasteiger partial charge >= 0.3 is 5.97 Å². The second-order valence-electron chi connectivity index (χ2n) is 4.46. The van der Waals surface area contributed by atoms with Crippen LogP contribution in [0.25, 0.3) is 10.8 Å². The molecular weight excluding hydrogens is 254 g/mol. The number of nitrogen functional groups attached to an aromatic ring is 1. The summed E-state index contributed by atoms with van der Waals surface area (Å²) in [5.74, 6) is 0.608. The maximum Gasteiger partial charge on any atom is 0.305 e. The Kier molecular flexibility index (Phi) is 4.82. The molecule has 4 heteroatoms. The highest BCUT2D eigenvalue weighted by molar-refractivity contribution is 5.96. The highest BCUT2D eigenvalue weighted by Crippen LogP contribution is 2.29. The van der Waals surface area contributed by atoms with Crippen LogP contribution >= 0.6 is 0 Å². The fourth-order valence-corrected chi connectivity index (χ4v) is 2.06. The van der Waals surface area contributed by atoms with Crippen molar-refractivity contribution in [2.24, 2.45) is 0 Å². The predicted molar refractivity (Wildman–Crippen MR) is 79.7 cm³/mol. The van der Waals surface area contributed by atoms with Gasteiger partial charge in [-0.2, -0.15) is 0 Å². The van der Waals surface area contributed by atoms with Crippen molar-refractivity contribution in [3.05, 3.63) is 36.4 Å². The summed E-state index contributed by atoms with van der Waals surface area (Å²) in [6.45, 7) is 2.70. The average Bonchev–Trinajstić information content (AvgIpc) is 2.45. The summed E-state index contributed by atoms with van der Waals surface area (Å²) in [7, 11) is 0. The van der Waals surface area contributed by atoms with Crippen LogP contribution in [0.4, 0.5) is 5.69 Å². The zero-order valence-electron chi connectivity index (χ0n) is 11.6. The molecule has 0 aliphatic heterocycles. The number of carbonyl (C=O) groups excluding carboxylic acids is 1. The Morgan fingerprint density at radius 2 is 1.90 bits per heavy atom. The van der Waals surface area contributed by atoms with E-state index >= 15 is 0 Å². The molecule has 0 aliphatic carbocycles. The van der Waals surface area contributed by atoms with E-state index in [2.05, 4.69) is 0 Å². The van der Waals surface area contributed by atoms with Gasteiger partial charge in [0.05, 0.1) is 13.2 Å². The van der Waals surface area contributed by atoms with Crippen LogP contribution in [0.1, 0.15) is 19.8 Å². The molecule has 4 nitrogen and oxygen atoms in total. The summed E-state index contributed by atoms with van der Waals surface area (Å²) in [5.41, 5.74) is 6.67. The molecule has 0 atom stereocenters. The Bertz CT molecular complexity index is 595. The standard InChI is InChI=1S/C16H19NO3/c1-2-19-16(18)10-5-11-20-15-9-4-6-12-13(15)7-3-8-14(12)17/h3-4,6-9H,2,5,10-11,17H2,1H3. The largest absolute Gasteiger partial charge is 0.493 e. The smallest absolute Gasteiger partial charge is 0.305 e. The van der Waals surface area contributed by atoms with E-state index in [-0.39, 0.29) is 5.97 Å². The van der Waals surface area contributed by atoms with Crippen molar-refractivity contribution < 1.29 is 14.3 Å². The molecule has 0 amide bonds. The third kappa shape index (κ3) is 3.41. The summed E-state index contributed by atoms with van der Waals surface area (Å²) in [6.07, 6.45) is 1.01. The van der Waals surface area contributed by atoms with E-state index < -0.39 is 0 Å². The fraction of sp³-hybridized carbons (Fsp3) is 0.312. The van der Waals surface area contributed by atoms with Crippen LogP contribution in [0.5, 0.6) is 5.75 Å². The Labute approximate surface area is 118 Å². The molecule has 0 unspecified atom stereocenters. The van der Waals surface area contributed by atoms with Gasteiger partial charge in [-0.15, -0.1) is 0 Å². The minimum absolute atomic E-state index is 0.182. The summed E-state index contributed by atoms with van der Waals surface area (Å²) in [4.78, 5) is 11.2. The molecule has 2 rings (SSSR count). The first-order valence-electron chi connectivity index (χ1n) is 6.78. The number of fused-ring (bicyclic) bond motifs is 1.